The predicted octanol–water partition coefficient (Wildman–Crippen LogP) is 2.51. The highest BCUT2D eigenvalue weighted by atomic mass is 16.5. The van der Waals surface area contributed by atoms with Gasteiger partial charge in [-0.2, -0.15) is 0 Å². The molecule has 1 aromatic carbocycles. The van der Waals surface area contributed by atoms with Gasteiger partial charge in [-0.3, -0.25) is 4.79 Å². The maximum absolute atomic E-state index is 12.1. The first-order valence-corrected chi connectivity index (χ1v) is 7.61. The van der Waals surface area contributed by atoms with Crippen LogP contribution in [0.15, 0.2) is 18.2 Å². The Kier molecular flexibility index (Phi) is 5.63. The molecule has 120 valence electrons. The van der Waals surface area contributed by atoms with Gasteiger partial charge in [0.2, 0.25) is 0 Å². The Morgan fingerprint density at radius 3 is 2.55 bits per heavy atom. The SMILES string of the molecule is CNC(=O)c1ccc(NC(=O)NC2CCCCC2)c(OC)c1. The predicted molar refractivity (Wildman–Crippen MR) is 85.4 cm³/mol. The molecule has 3 amide bonds. The number of anilines is 1. The summed E-state index contributed by atoms with van der Waals surface area (Å²) in [5, 5.41) is 8.32. The van der Waals surface area contributed by atoms with Crippen LogP contribution in [0.3, 0.4) is 0 Å². The minimum atomic E-state index is -0.238. The number of urea groups is 1. The highest BCUT2D eigenvalue weighted by Crippen LogP contribution is 2.26. The lowest BCUT2D eigenvalue weighted by Crippen LogP contribution is -2.39. The first-order chi connectivity index (χ1) is 10.6. The standard InChI is InChI=1S/C16H23N3O3/c1-17-15(20)11-8-9-13(14(10-11)22-2)19-16(21)18-12-6-4-3-5-7-12/h8-10,12H,3-7H2,1-2H3,(H,17,20)(H2,18,19,21). The van der Waals surface area contributed by atoms with Crippen LogP contribution < -0.4 is 20.7 Å². The van der Waals surface area contributed by atoms with Gasteiger partial charge < -0.3 is 20.7 Å². The topological polar surface area (TPSA) is 79.5 Å². The number of hydrogen-bond acceptors (Lipinski definition) is 3. The molecule has 1 saturated carbocycles. The number of amides is 3. The normalized spacial score (nSPS) is 15.0. The zero-order valence-electron chi connectivity index (χ0n) is 13.1. The van der Waals surface area contributed by atoms with Gasteiger partial charge in [-0.15, -0.1) is 0 Å². The fourth-order valence-corrected chi connectivity index (χ4v) is 2.67. The van der Waals surface area contributed by atoms with Gasteiger partial charge in [0, 0.05) is 18.7 Å². The van der Waals surface area contributed by atoms with E-state index < -0.39 is 0 Å². The number of rotatable bonds is 4. The zero-order valence-corrected chi connectivity index (χ0v) is 13.1. The van der Waals surface area contributed by atoms with Crippen LogP contribution in [0.1, 0.15) is 42.5 Å². The van der Waals surface area contributed by atoms with E-state index >= 15 is 0 Å². The minimum Gasteiger partial charge on any atom is -0.495 e. The number of benzene rings is 1. The van der Waals surface area contributed by atoms with Crippen molar-refractivity contribution in [1.29, 1.82) is 0 Å². The Morgan fingerprint density at radius 2 is 1.91 bits per heavy atom. The smallest absolute Gasteiger partial charge is 0.319 e. The summed E-state index contributed by atoms with van der Waals surface area (Å²) in [5.74, 6) is 0.261. The van der Waals surface area contributed by atoms with Crippen LogP contribution in [0.2, 0.25) is 0 Å². The van der Waals surface area contributed by atoms with Crippen LogP contribution in [0.25, 0.3) is 0 Å². The van der Waals surface area contributed by atoms with Crippen molar-refractivity contribution in [2.45, 2.75) is 38.1 Å². The van der Waals surface area contributed by atoms with Crippen LogP contribution >= 0.6 is 0 Å². The first-order valence-electron chi connectivity index (χ1n) is 7.61. The Bertz CT molecular complexity index is 539. The van der Waals surface area contributed by atoms with Crippen molar-refractivity contribution in [1.82, 2.24) is 10.6 Å². The molecule has 2 rings (SSSR count). The summed E-state index contributed by atoms with van der Waals surface area (Å²) >= 11 is 0. The van der Waals surface area contributed by atoms with Gasteiger partial charge in [-0.05, 0) is 31.0 Å². The average Bonchev–Trinajstić information content (AvgIpc) is 2.55. The first kappa shape index (κ1) is 16.1. The molecule has 22 heavy (non-hydrogen) atoms. The summed E-state index contributed by atoms with van der Waals surface area (Å²) in [6.07, 6.45) is 5.62. The quantitative estimate of drug-likeness (QED) is 0.799. The van der Waals surface area contributed by atoms with E-state index in [9.17, 15) is 9.59 Å². The second kappa shape index (κ2) is 7.68. The fourth-order valence-electron chi connectivity index (χ4n) is 2.67. The molecule has 6 heteroatoms. The molecular formula is C16H23N3O3. The lowest BCUT2D eigenvalue weighted by molar-refractivity contribution is 0.0963. The second-order valence-electron chi connectivity index (χ2n) is 5.43. The average molecular weight is 305 g/mol. The summed E-state index contributed by atoms with van der Waals surface area (Å²) in [7, 11) is 3.08. The van der Waals surface area contributed by atoms with Gasteiger partial charge in [-0.25, -0.2) is 4.79 Å². The number of methoxy groups -OCH3 is 1. The van der Waals surface area contributed by atoms with Crippen molar-refractivity contribution in [2.75, 3.05) is 19.5 Å². The van der Waals surface area contributed by atoms with Gasteiger partial charge in [0.25, 0.3) is 5.91 Å². The molecule has 1 aliphatic rings. The van der Waals surface area contributed by atoms with Crippen molar-refractivity contribution >= 4 is 17.6 Å². The largest absolute Gasteiger partial charge is 0.495 e. The van der Waals surface area contributed by atoms with E-state index in [0.717, 1.165) is 25.7 Å². The molecule has 0 saturated heterocycles. The molecule has 1 fully saturated rings. The van der Waals surface area contributed by atoms with Crippen LogP contribution in [-0.2, 0) is 0 Å². The van der Waals surface area contributed by atoms with Gasteiger partial charge in [0.05, 0.1) is 12.8 Å². The summed E-state index contributed by atoms with van der Waals surface area (Å²) in [6, 6.07) is 4.93. The summed E-state index contributed by atoms with van der Waals surface area (Å²) in [6.45, 7) is 0. The molecular weight excluding hydrogens is 282 g/mol. The van der Waals surface area contributed by atoms with Crippen molar-refractivity contribution in [2.24, 2.45) is 0 Å². The Balaban J connectivity index is 2.01. The Morgan fingerprint density at radius 1 is 1.18 bits per heavy atom. The highest BCUT2D eigenvalue weighted by Gasteiger charge is 2.17. The molecule has 0 bridgehead atoms. The van der Waals surface area contributed by atoms with Gasteiger partial charge >= 0.3 is 6.03 Å². The lowest BCUT2D eigenvalue weighted by atomic mass is 9.96. The summed E-state index contributed by atoms with van der Waals surface area (Å²) in [5.41, 5.74) is 1.03. The van der Waals surface area contributed by atoms with Crippen molar-refractivity contribution < 1.29 is 14.3 Å². The molecule has 0 atom stereocenters. The molecule has 1 aliphatic carbocycles. The van der Waals surface area contributed by atoms with E-state index in [4.69, 9.17) is 4.74 Å². The van der Waals surface area contributed by atoms with E-state index in [1.54, 1.807) is 25.2 Å². The van der Waals surface area contributed by atoms with Crippen LogP contribution in [-0.4, -0.2) is 32.1 Å². The van der Waals surface area contributed by atoms with Crippen LogP contribution in [0.4, 0.5) is 10.5 Å². The van der Waals surface area contributed by atoms with E-state index in [1.807, 2.05) is 0 Å². The molecule has 0 aromatic heterocycles. The molecule has 0 radical (unpaired) electrons. The molecule has 1 aromatic rings. The number of carbonyl (C=O) groups excluding carboxylic acids is 2. The van der Waals surface area contributed by atoms with Crippen molar-refractivity contribution in [3.63, 3.8) is 0 Å². The number of carbonyl (C=O) groups is 2. The third kappa shape index (κ3) is 4.13. The van der Waals surface area contributed by atoms with E-state index in [2.05, 4.69) is 16.0 Å². The third-order valence-electron chi connectivity index (χ3n) is 3.88. The van der Waals surface area contributed by atoms with Crippen molar-refractivity contribution in [3.8, 4) is 5.75 Å². The molecule has 0 heterocycles. The van der Waals surface area contributed by atoms with Crippen LogP contribution in [0, 0.1) is 0 Å². The van der Waals surface area contributed by atoms with Gasteiger partial charge in [0.1, 0.15) is 5.75 Å². The van der Waals surface area contributed by atoms with E-state index in [-0.39, 0.29) is 18.0 Å². The second-order valence-corrected chi connectivity index (χ2v) is 5.43. The summed E-state index contributed by atoms with van der Waals surface area (Å²) < 4.78 is 5.25. The third-order valence-corrected chi connectivity index (χ3v) is 3.88. The number of nitrogens with one attached hydrogen (secondary N) is 3. The lowest BCUT2D eigenvalue weighted by Gasteiger charge is -2.23. The summed E-state index contributed by atoms with van der Waals surface area (Å²) in [4.78, 5) is 23.7. The monoisotopic (exact) mass is 305 g/mol. The minimum absolute atomic E-state index is 0.198. The molecule has 3 N–H and O–H groups in total. The maximum atomic E-state index is 12.1. The number of hydrogen-bond donors (Lipinski definition) is 3. The van der Waals surface area contributed by atoms with Crippen molar-refractivity contribution in [3.05, 3.63) is 23.8 Å². The van der Waals surface area contributed by atoms with E-state index in [0.29, 0.717) is 17.0 Å². The molecule has 6 nitrogen and oxygen atoms in total. The molecule has 0 spiro atoms. The van der Waals surface area contributed by atoms with Gasteiger partial charge in [-0.1, -0.05) is 19.3 Å². The zero-order chi connectivity index (χ0) is 15.9. The van der Waals surface area contributed by atoms with Gasteiger partial charge in [0.15, 0.2) is 0 Å². The van der Waals surface area contributed by atoms with Crippen LogP contribution in [0.5, 0.6) is 5.75 Å². The highest BCUT2D eigenvalue weighted by molar-refractivity contribution is 5.96. The van der Waals surface area contributed by atoms with E-state index in [1.165, 1.54) is 13.5 Å². The number of ether oxygens (including phenoxy) is 1. The molecule has 0 aliphatic heterocycles. The Hall–Kier alpha value is -2.24. The fraction of sp³-hybridized carbons (Fsp3) is 0.500. The Labute approximate surface area is 130 Å². The maximum Gasteiger partial charge on any atom is 0.319 e. The molecule has 0 unspecified atom stereocenters.